The maximum Gasteiger partial charge on any atom is 0.227 e. The highest BCUT2D eigenvalue weighted by Crippen LogP contribution is 2.36. The van der Waals surface area contributed by atoms with Crippen LogP contribution in [0.4, 0.5) is 17.5 Å². The molecule has 5 nitrogen and oxygen atoms in total. The minimum Gasteiger partial charge on any atom is -0.369 e. The second-order valence-electron chi connectivity index (χ2n) is 7.19. The van der Waals surface area contributed by atoms with Crippen LogP contribution in [-0.2, 0) is 6.42 Å². The average molecular weight is 384 g/mol. The molecule has 144 valence electrons. The van der Waals surface area contributed by atoms with E-state index in [1.807, 2.05) is 11.8 Å². The highest BCUT2D eigenvalue weighted by atomic mass is 32.2. The molecule has 2 aliphatic heterocycles. The van der Waals surface area contributed by atoms with Gasteiger partial charge in [0.25, 0.3) is 0 Å². The molecule has 0 spiro atoms. The molecule has 1 fully saturated rings. The van der Waals surface area contributed by atoms with Crippen molar-refractivity contribution >= 4 is 29.2 Å². The van der Waals surface area contributed by atoms with Crippen molar-refractivity contribution in [1.29, 1.82) is 0 Å². The van der Waals surface area contributed by atoms with Gasteiger partial charge >= 0.3 is 0 Å². The first kappa shape index (κ1) is 18.4. The number of nitrogens with one attached hydrogen (secondary N) is 1. The molecule has 1 saturated heterocycles. The van der Waals surface area contributed by atoms with Crippen LogP contribution in [-0.4, -0.2) is 48.4 Å². The highest BCUT2D eigenvalue weighted by molar-refractivity contribution is 7.99. The van der Waals surface area contributed by atoms with Crippen LogP contribution < -0.4 is 15.1 Å². The third-order valence-corrected chi connectivity index (χ3v) is 6.39. The zero-order valence-corrected chi connectivity index (χ0v) is 17.0. The first-order chi connectivity index (χ1) is 13.3. The van der Waals surface area contributed by atoms with Crippen LogP contribution in [0.3, 0.4) is 0 Å². The molecule has 2 aliphatic rings. The van der Waals surface area contributed by atoms with Crippen molar-refractivity contribution in [2.45, 2.75) is 37.5 Å². The molecular formula is C21H29N5S. The minimum absolute atomic E-state index is 0.905. The van der Waals surface area contributed by atoms with E-state index in [0.29, 0.717) is 0 Å². The normalized spacial score (nSPS) is 16.5. The summed E-state index contributed by atoms with van der Waals surface area (Å²) in [5.74, 6) is 3.08. The van der Waals surface area contributed by atoms with Crippen molar-refractivity contribution in [1.82, 2.24) is 9.97 Å². The van der Waals surface area contributed by atoms with Crippen LogP contribution in [0.2, 0.25) is 0 Å². The maximum absolute atomic E-state index is 4.93. The lowest BCUT2D eigenvalue weighted by Gasteiger charge is -2.36. The van der Waals surface area contributed by atoms with E-state index in [2.05, 4.69) is 52.4 Å². The zero-order chi connectivity index (χ0) is 18.5. The molecule has 0 bridgehead atoms. The Kier molecular flexibility index (Phi) is 6.02. The van der Waals surface area contributed by atoms with E-state index in [0.717, 1.165) is 56.7 Å². The zero-order valence-electron chi connectivity index (χ0n) is 16.2. The Hall–Kier alpha value is -1.95. The van der Waals surface area contributed by atoms with Crippen LogP contribution in [0.25, 0.3) is 0 Å². The summed E-state index contributed by atoms with van der Waals surface area (Å²) in [5, 5.41) is 3.58. The SMILES string of the molecule is CCCCCNc1nc(N2CCN(c3ccccc3)CC2)nc2c1SCC2. The summed E-state index contributed by atoms with van der Waals surface area (Å²) in [4.78, 5) is 15.9. The molecule has 1 N–H and O–H groups in total. The summed E-state index contributed by atoms with van der Waals surface area (Å²) in [7, 11) is 0. The van der Waals surface area contributed by atoms with Gasteiger partial charge in [-0.15, -0.1) is 11.8 Å². The Morgan fingerprint density at radius 3 is 2.56 bits per heavy atom. The van der Waals surface area contributed by atoms with E-state index in [-0.39, 0.29) is 0 Å². The number of aromatic nitrogens is 2. The highest BCUT2D eigenvalue weighted by Gasteiger charge is 2.24. The molecule has 0 radical (unpaired) electrons. The smallest absolute Gasteiger partial charge is 0.227 e. The second-order valence-corrected chi connectivity index (χ2v) is 8.30. The maximum atomic E-state index is 4.93. The third kappa shape index (κ3) is 4.32. The lowest BCUT2D eigenvalue weighted by atomic mass is 10.2. The van der Waals surface area contributed by atoms with Crippen molar-refractivity contribution < 1.29 is 0 Å². The lowest BCUT2D eigenvalue weighted by Crippen LogP contribution is -2.47. The molecule has 4 rings (SSSR count). The van der Waals surface area contributed by atoms with Gasteiger partial charge in [0.05, 0.1) is 10.6 Å². The van der Waals surface area contributed by atoms with Gasteiger partial charge in [-0.05, 0) is 18.6 Å². The number of piperazine rings is 1. The van der Waals surface area contributed by atoms with Crippen molar-refractivity contribution in [2.24, 2.45) is 0 Å². The van der Waals surface area contributed by atoms with Gasteiger partial charge in [-0.1, -0.05) is 38.0 Å². The molecule has 0 unspecified atom stereocenters. The van der Waals surface area contributed by atoms with Gasteiger partial charge in [0.1, 0.15) is 5.82 Å². The number of benzene rings is 1. The van der Waals surface area contributed by atoms with Gasteiger partial charge in [-0.3, -0.25) is 0 Å². The van der Waals surface area contributed by atoms with Crippen LogP contribution in [0.5, 0.6) is 0 Å². The predicted molar refractivity (Wildman–Crippen MR) is 115 cm³/mol. The number of para-hydroxylation sites is 1. The Labute approximate surface area is 166 Å². The Morgan fingerprint density at radius 1 is 1.00 bits per heavy atom. The second kappa shape index (κ2) is 8.83. The number of hydrogen-bond acceptors (Lipinski definition) is 6. The van der Waals surface area contributed by atoms with Crippen LogP contribution in [0.15, 0.2) is 35.2 Å². The Balaban J connectivity index is 1.44. The van der Waals surface area contributed by atoms with Gasteiger partial charge in [-0.25, -0.2) is 4.98 Å². The fraction of sp³-hybridized carbons (Fsp3) is 0.524. The standard InChI is InChI=1S/C21H29N5S/c1-2-3-7-11-22-20-19-18(10-16-27-19)23-21(24-20)26-14-12-25(13-15-26)17-8-5-4-6-9-17/h4-6,8-9H,2-3,7,10-16H2,1H3,(H,22,23,24). The number of rotatable bonds is 7. The molecule has 0 aliphatic carbocycles. The molecule has 6 heteroatoms. The molecule has 27 heavy (non-hydrogen) atoms. The number of fused-ring (bicyclic) bond motifs is 1. The first-order valence-electron chi connectivity index (χ1n) is 10.2. The van der Waals surface area contributed by atoms with Crippen LogP contribution in [0.1, 0.15) is 31.9 Å². The fourth-order valence-electron chi connectivity index (χ4n) is 3.70. The number of unbranched alkanes of at least 4 members (excludes halogenated alkanes) is 2. The van der Waals surface area contributed by atoms with Crippen molar-refractivity contribution in [2.75, 3.05) is 53.6 Å². The number of nitrogens with zero attached hydrogens (tertiary/aromatic N) is 4. The molecule has 0 amide bonds. The fourth-order valence-corrected chi connectivity index (χ4v) is 4.77. The van der Waals surface area contributed by atoms with Crippen molar-refractivity contribution in [3.05, 3.63) is 36.0 Å². The van der Waals surface area contributed by atoms with Gasteiger partial charge in [0, 0.05) is 50.6 Å². The van der Waals surface area contributed by atoms with Gasteiger partial charge in [0.2, 0.25) is 5.95 Å². The third-order valence-electron chi connectivity index (χ3n) is 5.27. The topological polar surface area (TPSA) is 44.3 Å². The van der Waals surface area contributed by atoms with E-state index in [4.69, 9.17) is 9.97 Å². The number of aryl methyl sites for hydroxylation is 1. The summed E-state index contributed by atoms with van der Waals surface area (Å²) in [6, 6.07) is 10.7. The minimum atomic E-state index is 0.905. The summed E-state index contributed by atoms with van der Waals surface area (Å²) in [6.07, 6.45) is 4.77. The first-order valence-corrected chi connectivity index (χ1v) is 11.2. The molecular weight excluding hydrogens is 354 g/mol. The van der Waals surface area contributed by atoms with Gasteiger partial charge in [-0.2, -0.15) is 4.98 Å². The van der Waals surface area contributed by atoms with E-state index < -0.39 is 0 Å². The quantitative estimate of drug-likeness (QED) is 0.728. The van der Waals surface area contributed by atoms with E-state index in [9.17, 15) is 0 Å². The molecule has 1 aromatic heterocycles. The van der Waals surface area contributed by atoms with Crippen LogP contribution in [0, 0.1) is 0 Å². The number of anilines is 3. The van der Waals surface area contributed by atoms with Gasteiger partial charge < -0.3 is 15.1 Å². The predicted octanol–water partition coefficient (Wildman–Crippen LogP) is 4.05. The van der Waals surface area contributed by atoms with E-state index in [1.54, 1.807) is 0 Å². The molecule has 3 heterocycles. The lowest BCUT2D eigenvalue weighted by molar-refractivity contribution is 0.637. The van der Waals surface area contributed by atoms with E-state index >= 15 is 0 Å². The van der Waals surface area contributed by atoms with Crippen LogP contribution >= 0.6 is 11.8 Å². The number of thioether (sulfide) groups is 1. The van der Waals surface area contributed by atoms with Gasteiger partial charge in [0.15, 0.2) is 0 Å². The average Bonchev–Trinajstić information content (AvgIpc) is 3.21. The molecule has 0 atom stereocenters. The summed E-state index contributed by atoms with van der Waals surface area (Å²) < 4.78 is 0. The molecule has 1 aromatic carbocycles. The Morgan fingerprint density at radius 2 is 1.78 bits per heavy atom. The number of hydrogen-bond donors (Lipinski definition) is 1. The monoisotopic (exact) mass is 383 g/mol. The van der Waals surface area contributed by atoms with Crippen molar-refractivity contribution in [3.8, 4) is 0 Å². The Bertz CT molecular complexity index is 744. The summed E-state index contributed by atoms with van der Waals surface area (Å²) >= 11 is 1.90. The molecule has 0 saturated carbocycles. The summed E-state index contributed by atoms with van der Waals surface area (Å²) in [5.41, 5.74) is 2.54. The summed E-state index contributed by atoms with van der Waals surface area (Å²) in [6.45, 7) is 7.20. The van der Waals surface area contributed by atoms with Crippen molar-refractivity contribution in [3.63, 3.8) is 0 Å². The molecule has 2 aromatic rings. The van der Waals surface area contributed by atoms with E-state index in [1.165, 1.54) is 35.5 Å². The largest absolute Gasteiger partial charge is 0.369 e.